The van der Waals surface area contributed by atoms with Crippen molar-refractivity contribution in [1.82, 2.24) is 10.2 Å². The number of rotatable bonds is 4. The zero-order valence-corrected chi connectivity index (χ0v) is 13.7. The van der Waals surface area contributed by atoms with Gasteiger partial charge in [-0.1, -0.05) is 12.1 Å². The van der Waals surface area contributed by atoms with E-state index >= 15 is 0 Å². The van der Waals surface area contributed by atoms with Crippen LogP contribution < -0.4 is 10.1 Å². The van der Waals surface area contributed by atoms with E-state index in [1.807, 2.05) is 29.2 Å². The smallest absolute Gasteiger partial charge is 0.257 e. The van der Waals surface area contributed by atoms with Crippen LogP contribution in [0.4, 0.5) is 0 Å². The van der Waals surface area contributed by atoms with Gasteiger partial charge in [0, 0.05) is 25.6 Å². The fourth-order valence-corrected chi connectivity index (χ4v) is 3.13. The molecule has 122 valence electrons. The van der Waals surface area contributed by atoms with Crippen LogP contribution in [0.5, 0.6) is 5.75 Å². The number of carbonyl (C=O) groups is 1. The molecule has 22 heavy (non-hydrogen) atoms. The van der Waals surface area contributed by atoms with E-state index in [1.165, 1.54) is 12.8 Å². The summed E-state index contributed by atoms with van der Waals surface area (Å²) in [5, 5.41) is 3.40. The van der Waals surface area contributed by atoms with E-state index in [1.54, 1.807) is 0 Å². The third-order valence-corrected chi connectivity index (χ3v) is 4.38. The van der Waals surface area contributed by atoms with Crippen LogP contribution in [-0.2, 0) is 0 Å². The number of carbonyl (C=O) groups excluding carboxylic acids is 1. The summed E-state index contributed by atoms with van der Waals surface area (Å²) in [5.41, 5.74) is 0.711. The van der Waals surface area contributed by atoms with Gasteiger partial charge >= 0.3 is 0 Å². The van der Waals surface area contributed by atoms with E-state index in [2.05, 4.69) is 5.32 Å². The van der Waals surface area contributed by atoms with Crippen molar-refractivity contribution in [3.05, 3.63) is 29.8 Å². The van der Waals surface area contributed by atoms with Crippen LogP contribution in [0.1, 0.15) is 36.0 Å². The quantitative estimate of drug-likeness (QED) is 0.926. The summed E-state index contributed by atoms with van der Waals surface area (Å²) < 4.78 is 5.97. The third-order valence-electron chi connectivity index (χ3n) is 4.38. The maximum atomic E-state index is 12.6. The van der Waals surface area contributed by atoms with Crippen molar-refractivity contribution in [1.29, 1.82) is 0 Å². The maximum absolute atomic E-state index is 12.6. The fraction of sp³-hybridized carbons (Fsp3) is 0.588. The second-order valence-electron chi connectivity index (χ2n) is 6.02. The first kappa shape index (κ1) is 17.1. The molecule has 1 aromatic carbocycles. The Morgan fingerprint density at radius 3 is 2.73 bits per heavy atom. The highest BCUT2D eigenvalue weighted by Gasteiger charge is 2.22. The molecule has 0 saturated carbocycles. The van der Waals surface area contributed by atoms with Crippen LogP contribution in [0.2, 0.25) is 0 Å². The van der Waals surface area contributed by atoms with Crippen molar-refractivity contribution >= 4 is 18.3 Å². The average Bonchev–Trinajstić information content (AvgIpc) is 3.08. The number of hydrogen-bond acceptors (Lipinski definition) is 3. The summed E-state index contributed by atoms with van der Waals surface area (Å²) in [6.07, 6.45) is 4.64. The first-order chi connectivity index (χ1) is 10.3. The molecule has 2 aliphatic heterocycles. The van der Waals surface area contributed by atoms with Crippen LogP contribution >= 0.6 is 12.4 Å². The molecule has 3 rings (SSSR count). The monoisotopic (exact) mass is 324 g/mol. The molecule has 0 radical (unpaired) electrons. The molecule has 0 aromatic heterocycles. The van der Waals surface area contributed by atoms with Gasteiger partial charge in [-0.05, 0) is 44.4 Å². The first-order valence-electron chi connectivity index (χ1n) is 8.06. The number of nitrogens with one attached hydrogen (secondary N) is 1. The molecule has 2 fully saturated rings. The minimum atomic E-state index is 0. The highest BCUT2D eigenvalue weighted by molar-refractivity contribution is 5.97. The molecule has 1 atom stereocenters. The summed E-state index contributed by atoms with van der Waals surface area (Å²) in [6, 6.07) is 7.65. The molecule has 4 nitrogen and oxygen atoms in total. The predicted octanol–water partition coefficient (Wildman–Crippen LogP) is 2.72. The van der Waals surface area contributed by atoms with E-state index in [-0.39, 0.29) is 18.3 Å². The molecular formula is C17H25ClN2O2. The highest BCUT2D eigenvalue weighted by atomic mass is 35.5. The normalized spacial score (nSPS) is 21.3. The van der Waals surface area contributed by atoms with Crippen LogP contribution in [-0.4, -0.2) is 43.6 Å². The number of piperidine rings is 1. The number of ether oxygens (including phenoxy) is 1. The van der Waals surface area contributed by atoms with Gasteiger partial charge < -0.3 is 15.0 Å². The maximum Gasteiger partial charge on any atom is 0.257 e. The van der Waals surface area contributed by atoms with Crippen molar-refractivity contribution in [3.8, 4) is 5.75 Å². The molecule has 0 aliphatic carbocycles. The van der Waals surface area contributed by atoms with E-state index in [0.29, 0.717) is 18.1 Å². The van der Waals surface area contributed by atoms with Crippen LogP contribution in [0.3, 0.4) is 0 Å². The lowest BCUT2D eigenvalue weighted by atomic mass is 10.0. The SMILES string of the molecule is Cl.O=C(c1ccccc1OCC1CCCNC1)N1CCCC1. The van der Waals surface area contributed by atoms with Crippen LogP contribution in [0.25, 0.3) is 0 Å². The van der Waals surface area contributed by atoms with E-state index in [9.17, 15) is 4.79 Å². The van der Waals surface area contributed by atoms with Crippen molar-refractivity contribution in [3.63, 3.8) is 0 Å². The van der Waals surface area contributed by atoms with Crippen molar-refractivity contribution in [2.75, 3.05) is 32.8 Å². The van der Waals surface area contributed by atoms with Crippen LogP contribution in [0, 0.1) is 5.92 Å². The number of para-hydroxylation sites is 1. The predicted molar refractivity (Wildman–Crippen MR) is 89.9 cm³/mol. The minimum Gasteiger partial charge on any atom is -0.492 e. The summed E-state index contributed by atoms with van der Waals surface area (Å²) in [4.78, 5) is 14.5. The molecule has 2 aliphatic rings. The fourth-order valence-electron chi connectivity index (χ4n) is 3.13. The van der Waals surface area contributed by atoms with Crippen molar-refractivity contribution in [2.45, 2.75) is 25.7 Å². The second-order valence-corrected chi connectivity index (χ2v) is 6.02. The minimum absolute atomic E-state index is 0. The number of likely N-dealkylation sites (tertiary alicyclic amines) is 1. The Balaban J connectivity index is 0.00000176. The van der Waals surface area contributed by atoms with Gasteiger partial charge in [0.05, 0.1) is 12.2 Å². The third kappa shape index (κ3) is 4.14. The van der Waals surface area contributed by atoms with Gasteiger partial charge in [-0.2, -0.15) is 0 Å². The number of halogens is 1. The van der Waals surface area contributed by atoms with Gasteiger partial charge in [-0.3, -0.25) is 4.79 Å². The number of amides is 1. The Bertz CT molecular complexity index is 483. The summed E-state index contributed by atoms with van der Waals surface area (Å²) in [5.74, 6) is 1.40. The van der Waals surface area contributed by atoms with E-state index in [0.717, 1.165) is 44.8 Å². The van der Waals surface area contributed by atoms with Gasteiger partial charge in [-0.25, -0.2) is 0 Å². The molecule has 2 saturated heterocycles. The molecule has 2 heterocycles. The Morgan fingerprint density at radius 2 is 2.00 bits per heavy atom. The molecule has 1 aromatic rings. The molecule has 1 unspecified atom stereocenters. The standard InChI is InChI=1S/C17H24N2O2.ClH/c20-17(19-10-3-4-11-19)15-7-1-2-8-16(15)21-13-14-6-5-9-18-12-14;/h1-2,7-8,14,18H,3-6,9-13H2;1H. The lowest BCUT2D eigenvalue weighted by molar-refractivity contribution is 0.0787. The van der Waals surface area contributed by atoms with Gasteiger partial charge in [0.2, 0.25) is 0 Å². The van der Waals surface area contributed by atoms with Crippen molar-refractivity contribution < 1.29 is 9.53 Å². The largest absolute Gasteiger partial charge is 0.492 e. The van der Waals surface area contributed by atoms with Crippen LogP contribution in [0.15, 0.2) is 24.3 Å². The number of nitrogens with zero attached hydrogens (tertiary/aromatic N) is 1. The highest BCUT2D eigenvalue weighted by Crippen LogP contribution is 2.23. The second kappa shape index (κ2) is 8.39. The molecule has 0 bridgehead atoms. The lowest BCUT2D eigenvalue weighted by Gasteiger charge is -2.24. The number of hydrogen-bond donors (Lipinski definition) is 1. The van der Waals surface area contributed by atoms with E-state index in [4.69, 9.17) is 4.74 Å². The zero-order valence-electron chi connectivity index (χ0n) is 12.9. The summed E-state index contributed by atoms with van der Waals surface area (Å²) in [6.45, 7) is 4.57. The molecule has 1 amide bonds. The average molecular weight is 325 g/mol. The Morgan fingerprint density at radius 1 is 1.23 bits per heavy atom. The molecule has 5 heteroatoms. The van der Waals surface area contributed by atoms with Gasteiger partial charge in [-0.15, -0.1) is 12.4 Å². The zero-order chi connectivity index (χ0) is 14.5. The Kier molecular flexibility index (Phi) is 6.52. The Hall–Kier alpha value is -1.26. The Labute approximate surface area is 138 Å². The van der Waals surface area contributed by atoms with Gasteiger partial charge in [0.1, 0.15) is 5.75 Å². The molecule has 1 N–H and O–H groups in total. The summed E-state index contributed by atoms with van der Waals surface area (Å²) >= 11 is 0. The lowest BCUT2D eigenvalue weighted by Crippen LogP contribution is -2.33. The topological polar surface area (TPSA) is 41.6 Å². The first-order valence-corrected chi connectivity index (χ1v) is 8.06. The van der Waals surface area contributed by atoms with E-state index < -0.39 is 0 Å². The molecule has 0 spiro atoms. The van der Waals surface area contributed by atoms with Gasteiger partial charge in [0.25, 0.3) is 5.91 Å². The number of benzene rings is 1. The van der Waals surface area contributed by atoms with Crippen molar-refractivity contribution in [2.24, 2.45) is 5.92 Å². The summed E-state index contributed by atoms with van der Waals surface area (Å²) in [7, 11) is 0. The van der Waals surface area contributed by atoms with Gasteiger partial charge in [0.15, 0.2) is 0 Å². The molecular weight excluding hydrogens is 300 g/mol.